The first-order valence-corrected chi connectivity index (χ1v) is 7.79. The van der Waals surface area contributed by atoms with Gasteiger partial charge in [-0.25, -0.2) is 4.39 Å². The fourth-order valence-corrected chi connectivity index (χ4v) is 2.09. The molecule has 6 nitrogen and oxygen atoms in total. The molecule has 0 heterocycles. The van der Waals surface area contributed by atoms with Gasteiger partial charge in [0.15, 0.2) is 5.96 Å². The maximum Gasteiger partial charge on any atom is 0.243 e. The van der Waals surface area contributed by atoms with E-state index in [-0.39, 0.29) is 24.0 Å². The van der Waals surface area contributed by atoms with Gasteiger partial charge >= 0.3 is 0 Å². The van der Waals surface area contributed by atoms with Gasteiger partial charge in [-0.2, -0.15) is 0 Å². The minimum Gasteiger partial charge on any atom is -0.379 e. The van der Waals surface area contributed by atoms with Crippen LogP contribution in [0.5, 0.6) is 0 Å². The van der Waals surface area contributed by atoms with Crippen molar-refractivity contribution < 1.29 is 13.9 Å². The van der Waals surface area contributed by atoms with Crippen LogP contribution < -0.4 is 16.0 Å². The van der Waals surface area contributed by atoms with Gasteiger partial charge in [-0.15, -0.1) is 0 Å². The van der Waals surface area contributed by atoms with Crippen LogP contribution in [-0.4, -0.2) is 45.2 Å². The molecule has 1 atom stereocenters. The van der Waals surface area contributed by atoms with E-state index in [9.17, 15) is 9.18 Å². The third kappa shape index (κ3) is 6.95. The third-order valence-electron chi connectivity index (χ3n) is 3.45. The summed E-state index contributed by atoms with van der Waals surface area (Å²) in [6, 6.07) is 5.75. The Bertz CT molecular complexity index is 570. The highest BCUT2D eigenvalue weighted by Crippen LogP contribution is 2.20. The number of methoxy groups -OCH3 is 1. The predicted octanol–water partition coefficient (Wildman–Crippen LogP) is 1.99. The van der Waals surface area contributed by atoms with Crippen LogP contribution in [-0.2, 0) is 9.53 Å². The Morgan fingerprint density at radius 2 is 2.04 bits per heavy atom. The molecule has 7 heteroatoms. The van der Waals surface area contributed by atoms with Crippen LogP contribution in [0.1, 0.15) is 20.8 Å². The third-order valence-corrected chi connectivity index (χ3v) is 3.45. The van der Waals surface area contributed by atoms with Crippen LogP contribution >= 0.6 is 0 Å². The maximum atomic E-state index is 13.1. The number of amides is 1. The van der Waals surface area contributed by atoms with E-state index in [2.05, 4.69) is 41.7 Å². The van der Waals surface area contributed by atoms with Crippen LogP contribution in [0.3, 0.4) is 0 Å². The number of anilines is 1. The Morgan fingerprint density at radius 3 is 2.58 bits per heavy atom. The summed E-state index contributed by atoms with van der Waals surface area (Å²) in [5.41, 5.74) is 0.395. The second-order valence-corrected chi connectivity index (χ2v) is 6.46. The van der Waals surface area contributed by atoms with E-state index in [0.29, 0.717) is 18.2 Å². The van der Waals surface area contributed by atoms with Gasteiger partial charge in [0.2, 0.25) is 5.91 Å². The molecule has 1 unspecified atom stereocenters. The molecule has 0 bridgehead atoms. The van der Waals surface area contributed by atoms with Gasteiger partial charge in [0.25, 0.3) is 0 Å². The molecule has 1 aromatic carbocycles. The molecule has 0 radical (unpaired) electrons. The number of carbonyl (C=O) groups is 1. The van der Waals surface area contributed by atoms with Crippen molar-refractivity contribution in [2.45, 2.75) is 26.9 Å². The summed E-state index contributed by atoms with van der Waals surface area (Å²) in [4.78, 5) is 16.0. The number of guanidine groups is 1. The molecule has 0 saturated heterocycles. The van der Waals surface area contributed by atoms with E-state index < -0.39 is 5.82 Å². The molecule has 0 aromatic heterocycles. The SMILES string of the molecule is CN=C(NCC(=O)Nc1cccc(F)c1)NCC(OC)C(C)(C)C. The Labute approximate surface area is 142 Å². The molecule has 0 aliphatic heterocycles. The van der Waals surface area contributed by atoms with E-state index in [4.69, 9.17) is 4.74 Å². The quantitative estimate of drug-likeness (QED) is 0.548. The Kier molecular flexibility index (Phi) is 7.64. The van der Waals surface area contributed by atoms with Crippen LogP contribution in [0.25, 0.3) is 0 Å². The summed E-state index contributed by atoms with van der Waals surface area (Å²) in [6.07, 6.45) is -0.00262. The minimum atomic E-state index is -0.397. The molecule has 3 N–H and O–H groups in total. The Morgan fingerprint density at radius 1 is 1.33 bits per heavy atom. The lowest BCUT2D eigenvalue weighted by Gasteiger charge is -2.30. The van der Waals surface area contributed by atoms with E-state index in [0.717, 1.165) is 0 Å². The van der Waals surface area contributed by atoms with E-state index in [1.165, 1.54) is 18.2 Å². The average molecular weight is 338 g/mol. The second-order valence-electron chi connectivity index (χ2n) is 6.46. The van der Waals surface area contributed by atoms with Crippen molar-refractivity contribution >= 4 is 17.6 Å². The predicted molar refractivity (Wildman–Crippen MR) is 94.6 cm³/mol. The number of halogens is 1. The largest absolute Gasteiger partial charge is 0.379 e. The summed E-state index contributed by atoms with van der Waals surface area (Å²) in [7, 11) is 3.29. The van der Waals surface area contributed by atoms with Crippen LogP contribution in [0, 0.1) is 11.2 Å². The summed E-state index contributed by atoms with van der Waals surface area (Å²) < 4.78 is 18.5. The molecule has 0 aliphatic rings. The van der Waals surface area contributed by atoms with Gasteiger partial charge in [0, 0.05) is 26.4 Å². The minimum absolute atomic E-state index is 0.00262. The highest BCUT2D eigenvalue weighted by atomic mass is 19.1. The molecule has 24 heavy (non-hydrogen) atoms. The number of hydrogen-bond donors (Lipinski definition) is 3. The summed E-state index contributed by atoms with van der Waals surface area (Å²) in [5, 5.41) is 8.66. The van der Waals surface area contributed by atoms with Crippen molar-refractivity contribution in [3.63, 3.8) is 0 Å². The number of hydrogen-bond acceptors (Lipinski definition) is 3. The number of rotatable bonds is 6. The molecule has 1 aromatic rings. The monoisotopic (exact) mass is 338 g/mol. The first-order chi connectivity index (χ1) is 11.3. The standard InChI is InChI=1S/C17H27FN4O2/c1-17(2,3)14(24-5)10-20-16(19-4)21-11-15(23)22-13-8-6-7-12(18)9-13/h6-9,14H,10-11H2,1-5H3,(H,22,23)(H2,19,20,21). The number of carbonyl (C=O) groups excluding carboxylic acids is 1. The number of nitrogens with zero attached hydrogens (tertiary/aromatic N) is 1. The topological polar surface area (TPSA) is 74.8 Å². The number of nitrogens with one attached hydrogen (secondary N) is 3. The lowest BCUT2D eigenvalue weighted by atomic mass is 9.89. The summed E-state index contributed by atoms with van der Waals surface area (Å²) in [6.45, 7) is 6.84. The molecule has 0 saturated carbocycles. The zero-order chi connectivity index (χ0) is 18.2. The van der Waals surface area contributed by atoms with E-state index in [1.807, 2.05) is 0 Å². The smallest absolute Gasteiger partial charge is 0.243 e. The van der Waals surface area contributed by atoms with Crippen molar-refractivity contribution in [2.75, 3.05) is 32.6 Å². The summed E-state index contributed by atoms with van der Waals surface area (Å²) >= 11 is 0. The lowest BCUT2D eigenvalue weighted by Crippen LogP contribution is -2.46. The van der Waals surface area contributed by atoms with Gasteiger partial charge in [0.1, 0.15) is 5.82 Å². The average Bonchev–Trinajstić information content (AvgIpc) is 2.49. The molecule has 0 fully saturated rings. The highest BCUT2D eigenvalue weighted by Gasteiger charge is 2.24. The second kappa shape index (κ2) is 9.22. The van der Waals surface area contributed by atoms with Gasteiger partial charge in [-0.05, 0) is 23.6 Å². The number of ether oxygens (including phenoxy) is 1. The fraction of sp³-hybridized carbons (Fsp3) is 0.529. The van der Waals surface area contributed by atoms with Crippen LogP contribution in [0.4, 0.5) is 10.1 Å². The molecule has 0 spiro atoms. The van der Waals surface area contributed by atoms with Gasteiger partial charge in [0.05, 0.1) is 12.6 Å². The van der Waals surface area contributed by atoms with E-state index >= 15 is 0 Å². The van der Waals surface area contributed by atoms with Gasteiger partial charge in [-0.1, -0.05) is 26.8 Å². The first kappa shape index (κ1) is 19.9. The molecular weight excluding hydrogens is 311 g/mol. The van der Waals surface area contributed by atoms with Crippen molar-refractivity contribution in [3.8, 4) is 0 Å². The first-order valence-electron chi connectivity index (χ1n) is 7.79. The molecule has 134 valence electrons. The Hall–Kier alpha value is -2.15. The molecule has 1 amide bonds. The van der Waals surface area contributed by atoms with Crippen molar-refractivity contribution in [2.24, 2.45) is 10.4 Å². The van der Waals surface area contributed by atoms with Crippen molar-refractivity contribution in [1.29, 1.82) is 0 Å². The molecule has 1 rings (SSSR count). The summed E-state index contributed by atoms with van der Waals surface area (Å²) in [5.74, 6) is -0.190. The molecule has 0 aliphatic carbocycles. The number of benzene rings is 1. The van der Waals surface area contributed by atoms with Gasteiger partial charge < -0.3 is 20.7 Å². The Balaban J connectivity index is 2.45. The zero-order valence-electron chi connectivity index (χ0n) is 14.9. The normalized spacial score (nSPS) is 13.3. The fourth-order valence-electron chi connectivity index (χ4n) is 2.09. The lowest BCUT2D eigenvalue weighted by molar-refractivity contribution is -0.115. The zero-order valence-corrected chi connectivity index (χ0v) is 14.9. The van der Waals surface area contributed by atoms with Gasteiger partial charge in [-0.3, -0.25) is 9.79 Å². The van der Waals surface area contributed by atoms with Crippen molar-refractivity contribution in [1.82, 2.24) is 10.6 Å². The molecular formula is C17H27FN4O2. The maximum absolute atomic E-state index is 13.1. The highest BCUT2D eigenvalue weighted by molar-refractivity contribution is 5.94. The van der Waals surface area contributed by atoms with Crippen molar-refractivity contribution in [3.05, 3.63) is 30.1 Å². The van der Waals surface area contributed by atoms with E-state index in [1.54, 1.807) is 20.2 Å². The van der Waals surface area contributed by atoms with Crippen LogP contribution in [0.2, 0.25) is 0 Å². The number of aliphatic imine (C=N–C) groups is 1. The van der Waals surface area contributed by atoms with Crippen LogP contribution in [0.15, 0.2) is 29.3 Å².